The highest BCUT2D eigenvalue weighted by atomic mass is 19.3. The number of amides is 2. The van der Waals surface area contributed by atoms with Crippen LogP contribution in [0.25, 0.3) is 12.2 Å². The van der Waals surface area contributed by atoms with Crippen LogP contribution in [0.2, 0.25) is 0 Å². The number of likely N-dealkylation sites (tertiary alicyclic amines) is 1. The van der Waals surface area contributed by atoms with Gasteiger partial charge in [-0.25, -0.2) is 8.78 Å². The first-order chi connectivity index (χ1) is 13.8. The van der Waals surface area contributed by atoms with Crippen LogP contribution in [0.15, 0.2) is 37.1 Å². The molecular weight excluding hydrogens is 376 g/mol. The topological polar surface area (TPSA) is 62.3 Å². The van der Waals surface area contributed by atoms with E-state index < -0.39 is 30.3 Å². The van der Waals surface area contributed by atoms with E-state index in [9.17, 15) is 18.4 Å². The molecule has 0 saturated carbocycles. The monoisotopic (exact) mass is 405 g/mol. The summed E-state index contributed by atoms with van der Waals surface area (Å²) in [5.41, 5.74) is 1.42. The number of nitrogens with one attached hydrogen (secondary N) is 1. The van der Waals surface area contributed by atoms with E-state index in [2.05, 4.69) is 16.9 Å². The van der Waals surface area contributed by atoms with Crippen molar-refractivity contribution in [2.75, 3.05) is 13.1 Å². The Hall–Kier alpha value is -2.83. The van der Waals surface area contributed by atoms with Crippen molar-refractivity contribution in [2.24, 2.45) is 0 Å². The molecule has 1 saturated heterocycles. The fraction of sp³-hybridized carbons (Fsp3) is 0.409. The first kappa shape index (κ1) is 24.2. The van der Waals surface area contributed by atoms with Gasteiger partial charge in [0.1, 0.15) is 0 Å². The normalized spacial score (nSPS) is 17.9. The zero-order valence-corrected chi connectivity index (χ0v) is 17.4. The molecule has 1 fully saturated rings. The Kier molecular flexibility index (Phi) is 9.38. The Morgan fingerprint density at radius 3 is 2.62 bits per heavy atom. The molecule has 1 aromatic rings. The summed E-state index contributed by atoms with van der Waals surface area (Å²) in [6, 6.07) is 0.978. The van der Waals surface area contributed by atoms with E-state index in [1.54, 1.807) is 25.2 Å². The molecule has 2 rings (SSSR count). The summed E-state index contributed by atoms with van der Waals surface area (Å²) in [4.78, 5) is 30.1. The third kappa shape index (κ3) is 6.62. The molecule has 0 aromatic carbocycles. The van der Waals surface area contributed by atoms with Gasteiger partial charge in [0.05, 0.1) is 24.3 Å². The van der Waals surface area contributed by atoms with Gasteiger partial charge in [-0.3, -0.25) is 14.6 Å². The number of carbonyl (C=O) groups excluding carboxylic acids is 2. The van der Waals surface area contributed by atoms with Gasteiger partial charge in [0.2, 0.25) is 5.91 Å². The minimum atomic E-state index is -2.88. The summed E-state index contributed by atoms with van der Waals surface area (Å²) in [5.74, 6) is -3.89. The molecule has 7 heteroatoms. The second-order valence-corrected chi connectivity index (χ2v) is 6.36. The molecule has 0 aliphatic carbocycles. The predicted octanol–water partition coefficient (Wildman–Crippen LogP) is 4.33. The first-order valence-electron chi connectivity index (χ1n) is 9.65. The molecule has 0 radical (unpaired) electrons. The number of nitrogens with zero attached hydrogens (tertiary/aromatic N) is 2. The van der Waals surface area contributed by atoms with Gasteiger partial charge in [0.15, 0.2) is 0 Å². The lowest BCUT2D eigenvalue weighted by Crippen LogP contribution is -2.42. The van der Waals surface area contributed by atoms with Crippen molar-refractivity contribution in [1.82, 2.24) is 15.2 Å². The van der Waals surface area contributed by atoms with Crippen molar-refractivity contribution in [3.05, 3.63) is 53.9 Å². The number of hydrogen-bond donors (Lipinski definition) is 1. The predicted molar refractivity (Wildman–Crippen MR) is 113 cm³/mol. The van der Waals surface area contributed by atoms with Crippen molar-refractivity contribution in [3.8, 4) is 0 Å². The lowest BCUT2D eigenvalue weighted by Gasteiger charge is -2.21. The lowest BCUT2D eigenvalue weighted by molar-refractivity contribution is -0.131. The van der Waals surface area contributed by atoms with Crippen LogP contribution in [0, 0.1) is 0 Å². The fourth-order valence-corrected chi connectivity index (χ4v) is 2.99. The van der Waals surface area contributed by atoms with Gasteiger partial charge < -0.3 is 10.2 Å². The maximum absolute atomic E-state index is 13.4. The number of allylic oxidation sites excluding steroid dienone is 3. The molecule has 1 aliphatic heterocycles. The van der Waals surface area contributed by atoms with Crippen LogP contribution in [0.1, 0.15) is 55.7 Å². The molecule has 2 amide bonds. The van der Waals surface area contributed by atoms with E-state index in [1.165, 1.54) is 18.3 Å². The molecule has 1 aromatic heterocycles. The van der Waals surface area contributed by atoms with Gasteiger partial charge in [0.25, 0.3) is 11.8 Å². The van der Waals surface area contributed by atoms with E-state index in [1.807, 2.05) is 26.8 Å². The maximum atomic E-state index is 13.4. The van der Waals surface area contributed by atoms with E-state index >= 15 is 0 Å². The minimum Gasteiger partial charge on any atom is -0.343 e. The van der Waals surface area contributed by atoms with Crippen LogP contribution in [0.5, 0.6) is 0 Å². The molecule has 1 N–H and O–H groups in total. The number of aromatic nitrogens is 1. The first-order valence-corrected chi connectivity index (χ1v) is 9.65. The van der Waals surface area contributed by atoms with Crippen LogP contribution in [0.4, 0.5) is 8.78 Å². The highest BCUT2D eigenvalue weighted by Gasteiger charge is 2.44. The van der Waals surface area contributed by atoms with Gasteiger partial charge >= 0.3 is 0 Å². The van der Waals surface area contributed by atoms with E-state index in [0.717, 1.165) is 4.90 Å². The van der Waals surface area contributed by atoms with Crippen LogP contribution >= 0.6 is 0 Å². The van der Waals surface area contributed by atoms with E-state index in [0.29, 0.717) is 16.8 Å². The van der Waals surface area contributed by atoms with Crippen LogP contribution in [0.3, 0.4) is 0 Å². The van der Waals surface area contributed by atoms with Gasteiger partial charge in [-0.1, -0.05) is 44.7 Å². The second kappa shape index (κ2) is 11.2. The zero-order valence-electron chi connectivity index (χ0n) is 17.4. The summed E-state index contributed by atoms with van der Waals surface area (Å²) in [5, 5.41) is 2.52. The van der Waals surface area contributed by atoms with Crippen molar-refractivity contribution in [3.63, 3.8) is 0 Å². The Morgan fingerprint density at radius 2 is 2.07 bits per heavy atom. The van der Waals surface area contributed by atoms with Crippen molar-refractivity contribution >= 4 is 24.0 Å². The summed E-state index contributed by atoms with van der Waals surface area (Å²) in [6.07, 6.45) is 9.78. The summed E-state index contributed by atoms with van der Waals surface area (Å²) in [7, 11) is 0. The molecular formula is C22H29F2N3O2. The molecule has 0 bridgehead atoms. The van der Waals surface area contributed by atoms with Crippen molar-refractivity contribution in [2.45, 2.75) is 46.1 Å². The number of carbonyl (C=O) groups is 2. The van der Waals surface area contributed by atoms with Crippen LogP contribution in [-0.4, -0.2) is 46.8 Å². The van der Waals surface area contributed by atoms with Gasteiger partial charge in [-0.05, 0) is 26.0 Å². The zero-order chi connectivity index (χ0) is 22.0. The average molecular weight is 405 g/mol. The highest BCUT2D eigenvalue weighted by molar-refractivity contribution is 6.00. The van der Waals surface area contributed by atoms with Gasteiger partial charge in [-0.2, -0.15) is 0 Å². The number of halogens is 2. The van der Waals surface area contributed by atoms with Crippen LogP contribution in [-0.2, 0) is 4.79 Å². The quantitative estimate of drug-likeness (QED) is 0.717. The van der Waals surface area contributed by atoms with Crippen LogP contribution < -0.4 is 5.32 Å². The second-order valence-electron chi connectivity index (χ2n) is 6.36. The number of alkyl halides is 2. The highest BCUT2D eigenvalue weighted by Crippen LogP contribution is 2.31. The largest absolute Gasteiger partial charge is 0.343 e. The number of hydrogen-bond acceptors (Lipinski definition) is 3. The van der Waals surface area contributed by atoms with Crippen molar-refractivity contribution < 1.29 is 18.4 Å². The molecule has 2 heterocycles. The van der Waals surface area contributed by atoms with E-state index in [4.69, 9.17) is 0 Å². The van der Waals surface area contributed by atoms with E-state index in [-0.39, 0.29) is 13.0 Å². The molecule has 29 heavy (non-hydrogen) atoms. The summed E-state index contributed by atoms with van der Waals surface area (Å²) >= 11 is 0. The summed E-state index contributed by atoms with van der Waals surface area (Å²) < 4.78 is 26.9. The van der Waals surface area contributed by atoms with Gasteiger partial charge in [-0.15, -0.1) is 0 Å². The number of pyridine rings is 1. The molecule has 5 nitrogen and oxygen atoms in total. The molecule has 1 aliphatic rings. The smallest absolute Gasteiger partial charge is 0.267 e. The van der Waals surface area contributed by atoms with Crippen molar-refractivity contribution in [1.29, 1.82) is 0 Å². The Morgan fingerprint density at radius 1 is 1.38 bits per heavy atom. The maximum Gasteiger partial charge on any atom is 0.267 e. The third-order valence-corrected chi connectivity index (χ3v) is 4.27. The Balaban J connectivity index is 0.00000204. The van der Waals surface area contributed by atoms with Gasteiger partial charge in [0, 0.05) is 24.2 Å². The minimum absolute atomic E-state index is 0.327. The molecule has 1 unspecified atom stereocenters. The lowest BCUT2D eigenvalue weighted by atomic mass is 10.0. The molecule has 158 valence electrons. The average Bonchev–Trinajstić information content (AvgIpc) is 2.99. The molecule has 0 spiro atoms. The Bertz CT molecular complexity index is 788. The standard InChI is InChI=1S/C20H23F2N3O2.C2H6/c1-4-6-7-8-15-16(9-10-23-17(15)5-2)19(27)24-12-18(26)25-13-20(21,22)11-14(25)3;1-2/h4-10,14H,2,11-13H2,1,3H3,(H,24,27);1-2H3/b6-4-,8-7-;. The SMILES string of the molecule is C=Cc1nccc(C(=O)NCC(=O)N2CC(F)(F)CC2C)c1/C=C\C=C/C.CC. The number of rotatable bonds is 6. The third-order valence-electron chi connectivity index (χ3n) is 4.27. The Labute approximate surface area is 171 Å². The molecule has 1 atom stereocenters. The summed E-state index contributed by atoms with van der Waals surface area (Å²) in [6.45, 7) is 10.2. The fourth-order valence-electron chi connectivity index (χ4n) is 2.99.